The lowest BCUT2D eigenvalue weighted by molar-refractivity contribution is -0.120. The number of carbonyl (C=O) groups excluding carboxylic acids is 2. The maximum absolute atomic E-state index is 13.6. The van der Waals surface area contributed by atoms with E-state index in [4.69, 9.17) is 4.74 Å². The third-order valence-electron chi connectivity index (χ3n) is 9.02. The first-order valence-electron chi connectivity index (χ1n) is 15.8. The Hall–Kier alpha value is -3.38. The van der Waals surface area contributed by atoms with Crippen LogP contribution >= 0.6 is 0 Å². The minimum Gasteiger partial charge on any atom is -0.379 e. The summed E-state index contributed by atoms with van der Waals surface area (Å²) in [6.45, 7) is 11.8. The molecule has 2 aromatic rings. The predicted molar refractivity (Wildman–Crippen MR) is 178 cm³/mol. The fourth-order valence-corrected chi connectivity index (χ4v) is 7.36. The van der Waals surface area contributed by atoms with Crippen LogP contribution in [0.1, 0.15) is 49.5 Å². The molecule has 10 nitrogen and oxygen atoms in total. The standard InChI is InChI=1S/C34H45N5O5S/c1-5-39(30-10-12-38(13-11-30)45(4,42)43)31-20-28(27-8-6-26(7-9-27)23-37-14-16-44-17-15-37)19-29(21-31)33(40)35-22-32-24(2)18-25(3)36-34(32)41/h6-9,18-21,30,32H,5,10-17,22-23H2,1-4H3,(H,35,40). The molecule has 45 heavy (non-hydrogen) atoms. The average molecular weight is 636 g/mol. The maximum atomic E-state index is 13.6. The zero-order valence-electron chi connectivity index (χ0n) is 26.8. The molecule has 1 N–H and O–H groups in total. The molecule has 3 heterocycles. The molecule has 242 valence electrons. The van der Waals surface area contributed by atoms with Crippen molar-refractivity contribution in [3.63, 3.8) is 0 Å². The molecule has 3 aliphatic heterocycles. The van der Waals surface area contributed by atoms with E-state index in [1.54, 1.807) is 11.2 Å². The number of aliphatic imine (C=N–C) groups is 1. The van der Waals surface area contributed by atoms with E-state index < -0.39 is 15.9 Å². The van der Waals surface area contributed by atoms with Gasteiger partial charge in [-0.3, -0.25) is 14.5 Å². The zero-order valence-corrected chi connectivity index (χ0v) is 27.6. The number of nitrogens with zero attached hydrogens (tertiary/aromatic N) is 4. The van der Waals surface area contributed by atoms with Crippen LogP contribution in [0.3, 0.4) is 0 Å². The normalized spacial score (nSPS) is 20.4. The quantitative estimate of drug-likeness (QED) is 0.424. The Kier molecular flexibility index (Phi) is 10.5. The molecule has 11 heteroatoms. The minimum absolute atomic E-state index is 0.142. The summed E-state index contributed by atoms with van der Waals surface area (Å²) in [4.78, 5) is 34.9. The Morgan fingerprint density at radius 1 is 1.02 bits per heavy atom. The first kappa shape index (κ1) is 33.0. The van der Waals surface area contributed by atoms with E-state index in [0.717, 1.165) is 55.2 Å². The van der Waals surface area contributed by atoms with Gasteiger partial charge in [-0.15, -0.1) is 0 Å². The highest BCUT2D eigenvalue weighted by molar-refractivity contribution is 7.88. The second kappa shape index (κ2) is 14.4. The molecule has 0 bridgehead atoms. The largest absolute Gasteiger partial charge is 0.379 e. The average Bonchev–Trinajstić information content (AvgIpc) is 3.01. The third kappa shape index (κ3) is 8.26. The summed E-state index contributed by atoms with van der Waals surface area (Å²) in [5.41, 5.74) is 6.14. The molecule has 0 radical (unpaired) electrons. The van der Waals surface area contributed by atoms with Crippen molar-refractivity contribution in [2.24, 2.45) is 10.9 Å². The van der Waals surface area contributed by atoms with Gasteiger partial charge in [0.2, 0.25) is 10.0 Å². The van der Waals surface area contributed by atoms with Crippen LogP contribution in [0.2, 0.25) is 0 Å². The molecular formula is C34H45N5O5S. The summed E-state index contributed by atoms with van der Waals surface area (Å²) in [6.07, 6.45) is 4.56. The van der Waals surface area contributed by atoms with E-state index in [2.05, 4.69) is 57.4 Å². The van der Waals surface area contributed by atoms with Crippen LogP contribution in [-0.2, 0) is 26.1 Å². The molecule has 3 aliphatic rings. The number of carbonyl (C=O) groups is 2. The SMILES string of the molecule is CCN(c1cc(C(=O)NCC2C(=O)N=C(C)C=C2C)cc(-c2ccc(CN3CCOCC3)cc2)c1)C1CCN(S(C)(=O)=O)CC1. The topological polar surface area (TPSA) is 112 Å². The predicted octanol–water partition coefficient (Wildman–Crippen LogP) is 3.73. The summed E-state index contributed by atoms with van der Waals surface area (Å²) in [5.74, 6) is -0.972. The summed E-state index contributed by atoms with van der Waals surface area (Å²) >= 11 is 0. The number of anilines is 1. The van der Waals surface area contributed by atoms with Gasteiger partial charge in [0.1, 0.15) is 0 Å². The lowest BCUT2D eigenvalue weighted by Gasteiger charge is -2.39. The smallest absolute Gasteiger partial charge is 0.254 e. The third-order valence-corrected chi connectivity index (χ3v) is 10.3. The Morgan fingerprint density at radius 2 is 1.71 bits per heavy atom. The molecule has 0 aromatic heterocycles. The van der Waals surface area contributed by atoms with Crippen molar-refractivity contribution in [2.75, 3.05) is 63.6 Å². The molecule has 2 aromatic carbocycles. The molecule has 0 aliphatic carbocycles. The number of nitrogens with one attached hydrogen (secondary N) is 1. The fraction of sp³-hybridized carbons (Fsp3) is 0.500. The van der Waals surface area contributed by atoms with E-state index in [1.807, 2.05) is 25.1 Å². The van der Waals surface area contributed by atoms with Crippen molar-refractivity contribution >= 4 is 33.2 Å². The first-order valence-corrected chi connectivity index (χ1v) is 17.7. The molecular weight excluding hydrogens is 590 g/mol. The van der Waals surface area contributed by atoms with Crippen LogP contribution in [0.5, 0.6) is 0 Å². The van der Waals surface area contributed by atoms with E-state index in [0.29, 0.717) is 43.8 Å². The number of hydrogen-bond acceptors (Lipinski definition) is 7. The van der Waals surface area contributed by atoms with Crippen molar-refractivity contribution in [2.45, 2.75) is 46.2 Å². The van der Waals surface area contributed by atoms with Crippen molar-refractivity contribution in [3.8, 4) is 11.1 Å². The monoisotopic (exact) mass is 635 g/mol. The van der Waals surface area contributed by atoms with Gasteiger partial charge in [0.25, 0.3) is 11.8 Å². The van der Waals surface area contributed by atoms with Crippen molar-refractivity contribution in [1.82, 2.24) is 14.5 Å². The van der Waals surface area contributed by atoms with Crippen LogP contribution in [0.4, 0.5) is 5.69 Å². The van der Waals surface area contributed by atoms with Crippen molar-refractivity contribution in [3.05, 3.63) is 65.2 Å². The summed E-state index contributed by atoms with van der Waals surface area (Å²) in [5, 5.41) is 2.99. The molecule has 2 fully saturated rings. The van der Waals surface area contributed by atoms with Crippen molar-refractivity contribution < 1.29 is 22.7 Å². The highest BCUT2D eigenvalue weighted by Gasteiger charge is 2.29. The number of benzene rings is 2. The molecule has 2 amide bonds. The molecule has 0 spiro atoms. The lowest BCUT2D eigenvalue weighted by Crippen LogP contribution is -2.46. The Bertz CT molecular complexity index is 1560. The van der Waals surface area contributed by atoms with Crippen LogP contribution in [0.25, 0.3) is 11.1 Å². The highest BCUT2D eigenvalue weighted by atomic mass is 32.2. The Labute approximate surface area is 267 Å². The number of piperidine rings is 1. The molecule has 5 rings (SSSR count). The van der Waals surface area contributed by atoms with E-state index in [9.17, 15) is 18.0 Å². The van der Waals surface area contributed by atoms with Gasteiger partial charge in [-0.05, 0) is 74.6 Å². The second-order valence-electron chi connectivity index (χ2n) is 12.3. The van der Waals surface area contributed by atoms with E-state index in [1.165, 1.54) is 11.8 Å². The van der Waals surface area contributed by atoms with Crippen LogP contribution in [0, 0.1) is 5.92 Å². The van der Waals surface area contributed by atoms with Gasteiger partial charge >= 0.3 is 0 Å². The van der Waals surface area contributed by atoms with Crippen LogP contribution in [0.15, 0.2) is 59.1 Å². The number of sulfonamides is 1. The molecule has 0 saturated carbocycles. The van der Waals surface area contributed by atoms with E-state index >= 15 is 0 Å². The molecule has 1 unspecified atom stereocenters. The number of allylic oxidation sites excluding steroid dienone is 1. The first-order chi connectivity index (χ1) is 21.5. The van der Waals surface area contributed by atoms with Gasteiger partial charge in [-0.1, -0.05) is 29.8 Å². The number of ether oxygens (including phenoxy) is 1. The minimum atomic E-state index is -3.23. The summed E-state index contributed by atoms with van der Waals surface area (Å²) in [7, 11) is -3.23. The van der Waals surface area contributed by atoms with Gasteiger partial charge in [0.15, 0.2) is 0 Å². The molecule has 1 atom stereocenters. The Balaban J connectivity index is 1.40. The number of dihydropyridines is 1. The van der Waals surface area contributed by atoms with Gasteiger partial charge in [-0.25, -0.2) is 17.7 Å². The molecule has 2 saturated heterocycles. The summed E-state index contributed by atoms with van der Waals surface area (Å²) < 4.78 is 31.3. The number of hydrogen-bond donors (Lipinski definition) is 1. The number of rotatable bonds is 10. The summed E-state index contributed by atoms with van der Waals surface area (Å²) in [6, 6.07) is 14.6. The zero-order chi connectivity index (χ0) is 32.1. The van der Waals surface area contributed by atoms with E-state index in [-0.39, 0.29) is 24.4 Å². The van der Waals surface area contributed by atoms with Gasteiger partial charge in [0.05, 0.1) is 25.4 Å². The van der Waals surface area contributed by atoms with Gasteiger partial charge < -0.3 is 15.0 Å². The lowest BCUT2D eigenvalue weighted by atomic mass is 9.95. The Morgan fingerprint density at radius 3 is 2.33 bits per heavy atom. The fourth-order valence-electron chi connectivity index (χ4n) is 6.49. The van der Waals surface area contributed by atoms with Crippen LogP contribution in [-0.4, -0.2) is 99.9 Å². The number of morpholine rings is 1. The van der Waals surface area contributed by atoms with Gasteiger partial charge in [0, 0.05) is 68.8 Å². The highest BCUT2D eigenvalue weighted by Crippen LogP contribution is 2.31. The second-order valence-corrected chi connectivity index (χ2v) is 14.3. The maximum Gasteiger partial charge on any atom is 0.254 e. The van der Waals surface area contributed by atoms with Crippen LogP contribution < -0.4 is 10.2 Å². The van der Waals surface area contributed by atoms with Crippen molar-refractivity contribution in [1.29, 1.82) is 0 Å². The number of amides is 2. The van der Waals surface area contributed by atoms with Gasteiger partial charge in [-0.2, -0.15) is 0 Å².